The number of hydrogen-bond donors (Lipinski definition) is 3. The molecule has 0 spiro atoms. The van der Waals surface area contributed by atoms with Crippen LogP contribution in [-0.2, 0) is 4.79 Å². The standard InChI is InChI=1S/C16H12Cl2N4O2/c17-10-2-4-12(16(20)24)14(5-10)21-8-15(23)22-11-3-1-9(7-19)13(18)6-11/h1-6,21H,8H2,(H2,20,24)(H,22,23). The quantitative estimate of drug-likeness (QED) is 0.759. The number of nitrogens with one attached hydrogen (secondary N) is 2. The molecule has 0 aromatic heterocycles. The molecule has 0 saturated carbocycles. The van der Waals surface area contributed by atoms with E-state index in [4.69, 9.17) is 34.2 Å². The van der Waals surface area contributed by atoms with E-state index in [1.807, 2.05) is 6.07 Å². The Morgan fingerprint density at radius 2 is 1.92 bits per heavy atom. The smallest absolute Gasteiger partial charge is 0.250 e. The molecular weight excluding hydrogens is 351 g/mol. The van der Waals surface area contributed by atoms with Gasteiger partial charge >= 0.3 is 0 Å². The fourth-order valence-corrected chi connectivity index (χ4v) is 2.34. The topological polar surface area (TPSA) is 108 Å². The second-order valence-electron chi connectivity index (χ2n) is 4.76. The fraction of sp³-hybridized carbons (Fsp3) is 0.0625. The minimum atomic E-state index is -0.631. The number of hydrogen-bond acceptors (Lipinski definition) is 4. The van der Waals surface area contributed by atoms with Gasteiger partial charge < -0.3 is 16.4 Å². The van der Waals surface area contributed by atoms with E-state index in [0.29, 0.717) is 22.0 Å². The molecule has 0 aliphatic rings. The Hall–Kier alpha value is -2.75. The number of benzene rings is 2. The second-order valence-corrected chi connectivity index (χ2v) is 5.61. The number of rotatable bonds is 5. The molecular formula is C16H12Cl2N4O2. The van der Waals surface area contributed by atoms with Crippen LogP contribution in [0.3, 0.4) is 0 Å². The number of halogens is 2. The van der Waals surface area contributed by atoms with Gasteiger partial charge in [-0.15, -0.1) is 0 Å². The van der Waals surface area contributed by atoms with Crippen LogP contribution in [0.2, 0.25) is 10.0 Å². The van der Waals surface area contributed by atoms with Crippen molar-refractivity contribution in [2.45, 2.75) is 0 Å². The molecule has 0 aliphatic carbocycles. The summed E-state index contributed by atoms with van der Waals surface area (Å²) in [6.45, 7) is -0.113. The zero-order valence-electron chi connectivity index (χ0n) is 12.3. The summed E-state index contributed by atoms with van der Waals surface area (Å²) in [7, 11) is 0. The maximum atomic E-state index is 12.0. The number of anilines is 2. The highest BCUT2D eigenvalue weighted by Crippen LogP contribution is 2.22. The van der Waals surface area contributed by atoms with Gasteiger partial charge in [0, 0.05) is 16.4 Å². The first-order valence-electron chi connectivity index (χ1n) is 6.73. The van der Waals surface area contributed by atoms with Crippen LogP contribution in [0, 0.1) is 11.3 Å². The van der Waals surface area contributed by atoms with Crippen LogP contribution in [0.5, 0.6) is 0 Å². The van der Waals surface area contributed by atoms with Crippen LogP contribution in [0.25, 0.3) is 0 Å². The first kappa shape index (κ1) is 17.6. The number of nitriles is 1. The molecule has 6 nitrogen and oxygen atoms in total. The van der Waals surface area contributed by atoms with E-state index in [2.05, 4.69) is 10.6 Å². The molecule has 2 rings (SSSR count). The van der Waals surface area contributed by atoms with E-state index >= 15 is 0 Å². The SMILES string of the molecule is N#Cc1ccc(NC(=O)CNc2cc(Cl)ccc2C(N)=O)cc1Cl. The fourth-order valence-electron chi connectivity index (χ4n) is 1.94. The largest absolute Gasteiger partial charge is 0.375 e. The molecule has 0 fully saturated rings. The highest BCUT2D eigenvalue weighted by molar-refractivity contribution is 6.32. The van der Waals surface area contributed by atoms with Gasteiger partial charge in [-0.25, -0.2) is 0 Å². The lowest BCUT2D eigenvalue weighted by Crippen LogP contribution is -2.23. The van der Waals surface area contributed by atoms with Crippen LogP contribution < -0.4 is 16.4 Å². The molecule has 0 aliphatic heterocycles. The Morgan fingerprint density at radius 3 is 2.54 bits per heavy atom. The van der Waals surface area contributed by atoms with Crippen molar-refractivity contribution in [3.8, 4) is 6.07 Å². The van der Waals surface area contributed by atoms with Gasteiger partial charge in [0.15, 0.2) is 0 Å². The normalized spacial score (nSPS) is 9.88. The van der Waals surface area contributed by atoms with Crippen LogP contribution in [-0.4, -0.2) is 18.4 Å². The van der Waals surface area contributed by atoms with Crippen molar-refractivity contribution >= 4 is 46.4 Å². The molecule has 0 unspecified atom stereocenters. The van der Waals surface area contributed by atoms with Gasteiger partial charge in [-0.05, 0) is 36.4 Å². The van der Waals surface area contributed by atoms with Gasteiger partial charge in [0.25, 0.3) is 5.91 Å². The summed E-state index contributed by atoms with van der Waals surface area (Å²) in [4.78, 5) is 23.4. The summed E-state index contributed by atoms with van der Waals surface area (Å²) in [5.74, 6) is -1.00. The zero-order valence-corrected chi connectivity index (χ0v) is 13.8. The molecule has 0 heterocycles. The molecule has 4 N–H and O–H groups in total. The van der Waals surface area contributed by atoms with Gasteiger partial charge in [0.1, 0.15) is 6.07 Å². The van der Waals surface area contributed by atoms with Crippen LogP contribution in [0.4, 0.5) is 11.4 Å². The third kappa shape index (κ3) is 4.38. The molecule has 2 aromatic carbocycles. The summed E-state index contributed by atoms with van der Waals surface area (Å²) >= 11 is 11.8. The number of primary amides is 1. The maximum absolute atomic E-state index is 12.0. The summed E-state index contributed by atoms with van der Waals surface area (Å²) in [6, 6.07) is 11.0. The van der Waals surface area contributed by atoms with Gasteiger partial charge in [-0.2, -0.15) is 5.26 Å². The number of amides is 2. The summed E-state index contributed by atoms with van der Waals surface area (Å²) in [6.07, 6.45) is 0. The molecule has 0 saturated heterocycles. The van der Waals surface area contributed by atoms with Crippen LogP contribution in [0.1, 0.15) is 15.9 Å². The Bertz CT molecular complexity index is 846. The Balaban J connectivity index is 2.04. The number of carbonyl (C=O) groups is 2. The van der Waals surface area contributed by atoms with E-state index in [1.165, 1.54) is 30.3 Å². The van der Waals surface area contributed by atoms with Crippen molar-refractivity contribution in [1.82, 2.24) is 0 Å². The van der Waals surface area contributed by atoms with Gasteiger partial charge in [-0.3, -0.25) is 9.59 Å². The second kappa shape index (κ2) is 7.68. The van der Waals surface area contributed by atoms with Crippen molar-refractivity contribution in [3.63, 3.8) is 0 Å². The molecule has 24 heavy (non-hydrogen) atoms. The predicted octanol–water partition coefficient (Wildman–Crippen LogP) is 3.01. The number of carbonyl (C=O) groups excluding carboxylic acids is 2. The molecule has 0 bridgehead atoms. The molecule has 8 heteroatoms. The molecule has 0 atom stereocenters. The third-order valence-electron chi connectivity index (χ3n) is 3.06. The predicted molar refractivity (Wildman–Crippen MR) is 93.3 cm³/mol. The van der Waals surface area contributed by atoms with Crippen molar-refractivity contribution in [3.05, 3.63) is 57.6 Å². The average Bonchev–Trinajstić information content (AvgIpc) is 2.53. The Kier molecular flexibility index (Phi) is 5.64. The van der Waals surface area contributed by atoms with E-state index in [9.17, 15) is 9.59 Å². The highest BCUT2D eigenvalue weighted by Gasteiger charge is 2.11. The van der Waals surface area contributed by atoms with Gasteiger partial charge in [0.05, 0.1) is 22.7 Å². The lowest BCUT2D eigenvalue weighted by Gasteiger charge is -2.11. The monoisotopic (exact) mass is 362 g/mol. The lowest BCUT2D eigenvalue weighted by atomic mass is 10.1. The Labute approximate surface area is 148 Å². The zero-order chi connectivity index (χ0) is 17.7. The first-order valence-corrected chi connectivity index (χ1v) is 7.49. The molecule has 2 aromatic rings. The van der Waals surface area contributed by atoms with E-state index in [0.717, 1.165) is 0 Å². The van der Waals surface area contributed by atoms with Crippen molar-refractivity contribution in [2.75, 3.05) is 17.2 Å². The Morgan fingerprint density at radius 1 is 1.17 bits per heavy atom. The van der Waals surface area contributed by atoms with Crippen LogP contribution >= 0.6 is 23.2 Å². The van der Waals surface area contributed by atoms with Crippen LogP contribution in [0.15, 0.2) is 36.4 Å². The maximum Gasteiger partial charge on any atom is 0.250 e. The third-order valence-corrected chi connectivity index (χ3v) is 3.61. The van der Waals surface area contributed by atoms with E-state index < -0.39 is 5.91 Å². The van der Waals surface area contributed by atoms with Gasteiger partial charge in [0.2, 0.25) is 5.91 Å². The van der Waals surface area contributed by atoms with Crippen molar-refractivity contribution < 1.29 is 9.59 Å². The minimum absolute atomic E-state index is 0.113. The lowest BCUT2D eigenvalue weighted by molar-refractivity contribution is -0.114. The molecule has 122 valence electrons. The summed E-state index contributed by atoms with van der Waals surface area (Å²) in [5, 5.41) is 14.9. The molecule has 0 radical (unpaired) electrons. The van der Waals surface area contributed by atoms with E-state index in [1.54, 1.807) is 6.07 Å². The average molecular weight is 363 g/mol. The van der Waals surface area contributed by atoms with Gasteiger partial charge in [-0.1, -0.05) is 23.2 Å². The number of nitrogens with two attached hydrogens (primary N) is 1. The highest BCUT2D eigenvalue weighted by atomic mass is 35.5. The first-order chi connectivity index (χ1) is 11.4. The minimum Gasteiger partial charge on any atom is -0.375 e. The number of nitrogens with zero attached hydrogens (tertiary/aromatic N) is 1. The molecule has 2 amide bonds. The summed E-state index contributed by atoms with van der Waals surface area (Å²) < 4.78 is 0. The van der Waals surface area contributed by atoms with Crippen molar-refractivity contribution in [2.24, 2.45) is 5.73 Å². The summed E-state index contributed by atoms with van der Waals surface area (Å²) in [5.41, 5.74) is 6.64. The van der Waals surface area contributed by atoms with Crippen molar-refractivity contribution in [1.29, 1.82) is 5.26 Å². The van der Waals surface area contributed by atoms with E-state index in [-0.39, 0.29) is 23.0 Å².